The molecule has 0 bridgehead atoms. The van der Waals surface area contributed by atoms with E-state index in [2.05, 4.69) is 45.3 Å². The Hall–Kier alpha value is -3.06. The van der Waals surface area contributed by atoms with E-state index in [9.17, 15) is 4.79 Å². The Morgan fingerprint density at radius 3 is 2.74 bits per heavy atom. The molecule has 1 aliphatic heterocycles. The van der Waals surface area contributed by atoms with E-state index in [-0.39, 0.29) is 11.8 Å². The van der Waals surface area contributed by atoms with E-state index in [1.807, 2.05) is 30.3 Å². The number of hydrogen-bond acceptors (Lipinski definition) is 6. The molecule has 160 valence electrons. The van der Waals surface area contributed by atoms with Gasteiger partial charge < -0.3 is 15.0 Å². The molecule has 2 heterocycles. The van der Waals surface area contributed by atoms with Gasteiger partial charge in [-0.1, -0.05) is 29.5 Å². The summed E-state index contributed by atoms with van der Waals surface area (Å²) in [6, 6.07) is 15.8. The summed E-state index contributed by atoms with van der Waals surface area (Å²) < 4.78 is 5.18. The zero-order chi connectivity index (χ0) is 21.6. The van der Waals surface area contributed by atoms with Crippen LogP contribution in [0, 0.1) is 12.8 Å². The second-order valence-electron chi connectivity index (χ2n) is 7.61. The van der Waals surface area contributed by atoms with Gasteiger partial charge in [0.05, 0.1) is 13.0 Å². The monoisotopic (exact) mass is 434 g/mol. The summed E-state index contributed by atoms with van der Waals surface area (Å²) in [6.45, 7) is 3.58. The maximum atomic E-state index is 12.9. The number of anilines is 2. The molecule has 6 nitrogen and oxygen atoms in total. The third-order valence-corrected chi connectivity index (χ3v) is 6.27. The Bertz CT molecular complexity index is 1040. The number of piperidine rings is 1. The van der Waals surface area contributed by atoms with Gasteiger partial charge >= 0.3 is 0 Å². The maximum absolute atomic E-state index is 12.9. The van der Waals surface area contributed by atoms with Crippen LogP contribution in [0.5, 0.6) is 5.75 Å². The largest absolute Gasteiger partial charge is 0.497 e. The van der Waals surface area contributed by atoms with Gasteiger partial charge in [0, 0.05) is 36.1 Å². The first-order valence-corrected chi connectivity index (χ1v) is 11.2. The third kappa shape index (κ3) is 5.35. The summed E-state index contributed by atoms with van der Waals surface area (Å²) in [5.74, 6) is 1.54. The van der Waals surface area contributed by atoms with E-state index < -0.39 is 0 Å². The van der Waals surface area contributed by atoms with Crippen LogP contribution in [-0.4, -0.2) is 36.1 Å². The molecule has 0 spiro atoms. The van der Waals surface area contributed by atoms with Gasteiger partial charge in [-0.2, -0.15) is 0 Å². The highest BCUT2D eigenvalue weighted by molar-refractivity contribution is 7.99. The van der Waals surface area contributed by atoms with Gasteiger partial charge in [0.15, 0.2) is 5.82 Å². The van der Waals surface area contributed by atoms with Crippen LogP contribution in [0.3, 0.4) is 0 Å². The number of rotatable bonds is 6. The molecular weight excluding hydrogens is 408 g/mol. The van der Waals surface area contributed by atoms with Crippen molar-refractivity contribution < 1.29 is 9.53 Å². The highest BCUT2D eigenvalue weighted by Crippen LogP contribution is 2.34. The summed E-state index contributed by atoms with van der Waals surface area (Å²) in [5.41, 5.74) is 1.99. The smallest absolute Gasteiger partial charge is 0.229 e. The van der Waals surface area contributed by atoms with E-state index >= 15 is 0 Å². The second kappa shape index (κ2) is 9.83. The minimum absolute atomic E-state index is 0.0339. The molecule has 0 saturated carbocycles. The van der Waals surface area contributed by atoms with E-state index in [1.165, 1.54) is 5.56 Å². The Kier molecular flexibility index (Phi) is 6.72. The molecule has 1 N–H and O–H groups in total. The topological polar surface area (TPSA) is 67.3 Å². The molecule has 0 aliphatic carbocycles. The van der Waals surface area contributed by atoms with E-state index in [1.54, 1.807) is 31.3 Å². The van der Waals surface area contributed by atoms with Crippen molar-refractivity contribution in [3.63, 3.8) is 0 Å². The van der Waals surface area contributed by atoms with Crippen LogP contribution < -0.4 is 15.0 Å². The standard InChI is InChI=1S/C24H26N4O2S/c1-17-5-3-7-21(15-17)31-24-22(25-12-13-26-24)28-14-4-6-18(16-28)23(29)27-19-8-10-20(30-2)11-9-19/h3,5,7-13,15,18H,4,6,14,16H2,1-2H3,(H,27,29). The molecule has 2 aromatic carbocycles. The average molecular weight is 435 g/mol. The highest BCUT2D eigenvalue weighted by atomic mass is 32.2. The molecule has 1 atom stereocenters. The van der Waals surface area contributed by atoms with Crippen LogP contribution in [0.15, 0.2) is 70.8 Å². The van der Waals surface area contributed by atoms with Crippen LogP contribution in [0.1, 0.15) is 18.4 Å². The fourth-order valence-electron chi connectivity index (χ4n) is 3.70. The van der Waals surface area contributed by atoms with Crippen molar-refractivity contribution >= 4 is 29.2 Å². The molecular formula is C24H26N4O2S. The molecule has 1 fully saturated rings. The summed E-state index contributed by atoms with van der Waals surface area (Å²) in [5, 5.41) is 3.90. The number of nitrogens with one attached hydrogen (secondary N) is 1. The number of benzene rings is 2. The lowest BCUT2D eigenvalue weighted by Gasteiger charge is -2.33. The van der Waals surface area contributed by atoms with E-state index in [0.717, 1.165) is 46.6 Å². The first-order valence-electron chi connectivity index (χ1n) is 10.4. The molecule has 4 rings (SSSR count). The van der Waals surface area contributed by atoms with Crippen LogP contribution in [-0.2, 0) is 4.79 Å². The lowest BCUT2D eigenvalue weighted by atomic mass is 9.97. The summed E-state index contributed by atoms with van der Waals surface area (Å²) >= 11 is 1.61. The second-order valence-corrected chi connectivity index (χ2v) is 8.67. The molecule has 1 amide bonds. The fourth-order valence-corrected chi connectivity index (χ4v) is 4.70. The Balaban J connectivity index is 1.46. The first-order chi connectivity index (χ1) is 15.1. The van der Waals surface area contributed by atoms with Crippen molar-refractivity contribution in [3.8, 4) is 5.75 Å². The van der Waals surface area contributed by atoms with Crippen LogP contribution in [0.4, 0.5) is 11.5 Å². The third-order valence-electron chi connectivity index (χ3n) is 5.30. The number of hydrogen-bond donors (Lipinski definition) is 1. The van der Waals surface area contributed by atoms with Gasteiger partial charge in [0.1, 0.15) is 10.8 Å². The minimum Gasteiger partial charge on any atom is -0.497 e. The first kappa shape index (κ1) is 21.2. The quantitative estimate of drug-likeness (QED) is 0.601. The Labute approximate surface area is 187 Å². The summed E-state index contributed by atoms with van der Waals surface area (Å²) in [7, 11) is 1.63. The molecule has 7 heteroatoms. The normalized spacial score (nSPS) is 16.1. The zero-order valence-corrected chi connectivity index (χ0v) is 18.6. The van der Waals surface area contributed by atoms with Crippen molar-refractivity contribution in [1.29, 1.82) is 0 Å². The molecule has 1 aromatic heterocycles. The maximum Gasteiger partial charge on any atom is 0.229 e. The zero-order valence-electron chi connectivity index (χ0n) is 17.7. The average Bonchev–Trinajstić information content (AvgIpc) is 2.80. The molecule has 3 aromatic rings. The Morgan fingerprint density at radius 2 is 1.97 bits per heavy atom. The minimum atomic E-state index is -0.102. The molecule has 1 saturated heterocycles. The molecule has 31 heavy (non-hydrogen) atoms. The van der Waals surface area contributed by atoms with Crippen molar-refractivity contribution in [1.82, 2.24) is 9.97 Å². The van der Waals surface area contributed by atoms with Gasteiger partial charge in [-0.15, -0.1) is 0 Å². The number of aromatic nitrogens is 2. The predicted octanol–water partition coefficient (Wildman–Crippen LogP) is 4.80. The van der Waals surface area contributed by atoms with Gasteiger partial charge in [0.2, 0.25) is 5.91 Å². The van der Waals surface area contributed by atoms with E-state index in [0.29, 0.717) is 6.54 Å². The van der Waals surface area contributed by atoms with E-state index in [4.69, 9.17) is 4.74 Å². The van der Waals surface area contributed by atoms with Crippen LogP contribution in [0.2, 0.25) is 0 Å². The molecule has 1 unspecified atom stereocenters. The lowest BCUT2D eigenvalue weighted by molar-refractivity contribution is -0.120. The number of carbonyl (C=O) groups excluding carboxylic acids is 1. The van der Waals surface area contributed by atoms with Gasteiger partial charge in [-0.3, -0.25) is 4.79 Å². The number of carbonyl (C=O) groups is 1. The van der Waals surface area contributed by atoms with Crippen LogP contribution in [0.25, 0.3) is 0 Å². The van der Waals surface area contributed by atoms with Crippen LogP contribution >= 0.6 is 11.8 Å². The number of methoxy groups -OCH3 is 1. The number of ether oxygens (including phenoxy) is 1. The van der Waals surface area contributed by atoms with Crippen molar-refractivity contribution in [3.05, 3.63) is 66.5 Å². The SMILES string of the molecule is COc1ccc(NC(=O)C2CCCN(c3nccnc3Sc3cccc(C)c3)C2)cc1. The van der Waals surface area contributed by atoms with Crippen molar-refractivity contribution in [2.24, 2.45) is 5.92 Å². The fraction of sp³-hybridized carbons (Fsp3) is 0.292. The lowest BCUT2D eigenvalue weighted by Crippen LogP contribution is -2.41. The Morgan fingerprint density at radius 1 is 1.16 bits per heavy atom. The number of aryl methyl sites for hydroxylation is 1. The van der Waals surface area contributed by atoms with Crippen molar-refractivity contribution in [2.45, 2.75) is 29.7 Å². The summed E-state index contributed by atoms with van der Waals surface area (Å²) in [6.07, 6.45) is 5.24. The predicted molar refractivity (Wildman–Crippen MR) is 124 cm³/mol. The van der Waals surface area contributed by atoms with Crippen molar-refractivity contribution in [2.75, 3.05) is 30.4 Å². The molecule has 0 radical (unpaired) electrons. The number of nitrogens with zero attached hydrogens (tertiary/aromatic N) is 3. The summed E-state index contributed by atoms with van der Waals surface area (Å²) in [4.78, 5) is 25.4. The van der Waals surface area contributed by atoms with Gasteiger partial charge in [-0.25, -0.2) is 9.97 Å². The highest BCUT2D eigenvalue weighted by Gasteiger charge is 2.28. The molecule has 1 aliphatic rings. The van der Waals surface area contributed by atoms with Gasteiger partial charge in [0.25, 0.3) is 0 Å². The number of amides is 1. The van der Waals surface area contributed by atoms with Gasteiger partial charge in [-0.05, 0) is 56.2 Å².